The van der Waals surface area contributed by atoms with Gasteiger partial charge in [-0.25, -0.2) is 18.8 Å². The maximum Gasteiger partial charge on any atom is 0.411 e. The molecule has 0 radical (unpaired) electrons. The number of aromatic nitrogens is 2. The number of rotatable bonds is 14. The van der Waals surface area contributed by atoms with E-state index in [1.165, 1.54) is 33.5 Å². The van der Waals surface area contributed by atoms with Crippen LogP contribution in [0.25, 0.3) is 16.6 Å². The van der Waals surface area contributed by atoms with Crippen LogP contribution in [0.3, 0.4) is 0 Å². The summed E-state index contributed by atoms with van der Waals surface area (Å²) in [7, 11) is 4.25. The van der Waals surface area contributed by atoms with Crippen molar-refractivity contribution in [3.8, 4) is 23.0 Å². The molecule has 1 amide bonds. The van der Waals surface area contributed by atoms with E-state index in [0.29, 0.717) is 39.4 Å². The maximum absolute atomic E-state index is 15.5. The molecule has 1 N–H and O–H groups in total. The van der Waals surface area contributed by atoms with Crippen LogP contribution in [0, 0.1) is 11.7 Å². The number of carbonyl (C=O) groups excluding carboxylic acids is 3. The lowest BCUT2D eigenvalue weighted by Gasteiger charge is -2.32. The zero-order valence-electron chi connectivity index (χ0n) is 30.0. The molecule has 4 aromatic rings. The molecule has 0 fully saturated rings. The van der Waals surface area contributed by atoms with Crippen LogP contribution in [-0.4, -0.2) is 66.9 Å². The predicted octanol–water partition coefficient (Wildman–Crippen LogP) is 6.36. The second-order valence-corrected chi connectivity index (χ2v) is 12.9. The minimum atomic E-state index is -2.36. The Kier molecular flexibility index (Phi) is 11.5. The lowest BCUT2D eigenvalue weighted by atomic mass is 9.87. The van der Waals surface area contributed by atoms with E-state index >= 15 is 4.39 Å². The molecule has 0 saturated carbocycles. The van der Waals surface area contributed by atoms with Crippen molar-refractivity contribution in [1.82, 2.24) is 14.1 Å². The Labute approximate surface area is 304 Å². The first-order chi connectivity index (χ1) is 24.8. The number of cyclic esters (lactones) is 1. The molecule has 1 aliphatic rings. The number of benzene rings is 3. The van der Waals surface area contributed by atoms with Crippen LogP contribution in [0.2, 0.25) is 0 Å². The Morgan fingerprint density at radius 2 is 1.63 bits per heavy atom. The lowest BCUT2D eigenvalue weighted by Crippen LogP contribution is -2.48. The third-order valence-corrected chi connectivity index (χ3v) is 8.74. The Morgan fingerprint density at radius 1 is 0.923 bits per heavy atom. The van der Waals surface area contributed by atoms with Crippen molar-refractivity contribution >= 4 is 46.4 Å². The fraction of sp³-hybridized carbons (Fsp3) is 0.378. The number of carbonyl (C=O) groups is 3. The van der Waals surface area contributed by atoms with Crippen LogP contribution in [-0.2, 0) is 36.0 Å². The van der Waals surface area contributed by atoms with Gasteiger partial charge >= 0.3 is 23.8 Å². The normalized spacial score (nSPS) is 16.2. The van der Waals surface area contributed by atoms with E-state index in [9.17, 15) is 14.4 Å². The van der Waals surface area contributed by atoms with Gasteiger partial charge in [0, 0.05) is 17.6 Å². The zero-order valence-corrected chi connectivity index (χ0v) is 30.8. The summed E-state index contributed by atoms with van der Waals surface area (Å²) in [6.45, 7) is 8.85. The van der Waals surface area contributed by atoms with Gasteiger partial charge in [-0.3, -0.25) is 0 Å². The van der Waals surface area contributed by atoms with E-state index in [1.807, 2.05) is 13.8 Å². The minimum absolute atomic E-state index is 0.0332. The first-order valence-corrected chi connectivity index (χ1v) is 17.2. The smallest absolute Gasteiger partial charge is 0.411 e. The van der Waals surface area contributed by atoms with Gasteiger partial charge in [0.1, 0.15) is 17.1 Å². The molecule has 2 unspecified atom stereocenters. The second kappa shape index (κ2) is 15.8. The Morgan fingerprint density at radius 3 is 2.27 bits per heavy atom. The highest BCUT2D eigenvalue weighted by molar-refractivity contribution is 7.00. The lowest BCUT2D eigenvalue weighted by molar-refractivity contribution is -0.186. The number of amides is 1. The van der Waals surface area contributed by atoms with Crippen molar-refractivity contribution in [3.05, 3.63) is 76.6 Å². The van der Waals surface area contributed by atoms with E-state index in [0.717, 1.165) is 17.8 Å². The summed E-state index contributed by atoms with van der Waals surface area (Å²) >= 11 is 1.01. The monoisotopic (exact) mass is 737 g/mol. The average Bonchev–Trinajstić information content (AvgIpc) is 3.68. The van der Waals surface area contributed by atoms with Gasteiger partial charge in [-0.1, -0.05) is 19.9 Å². The van der Waals surface area contributed by atoms with Crippen molar-refractivity contribution in [2.75, 3.05) is 27.9 Å². The zero-order chi connectivity index (χ0) is 37.7. The second-order valence-electron chi connectivity index (χ2n) is 12.4. The number of hydrogen-bond donors (Lipinski definition) is 1. The molecule has 13 nitrogen and oxygen atoms in total. The quantitative estimate of drug-likeness (QED) is 0.143. The number of nitrogens with zero attached hydrogens (tertiary/aromatic N) is 2. The topological polar surface area (TPSA) is 154 Å². The van der Waals surface area contributed by atoms with Crippen LogP contribution in [0.1, 0.15) is 51.3 Å². The average molecular weight is 738 g/mol. The fourth-order valence-electron chi connectivity index (χ4n) is 5.86. The third kappa shape index (κ3) is 7.59. The Bertz CT molecular complexity index is 2010. The molecule has 1 aliphatic heterocycles. The summed E-state index contributed by atoms with van der Waals surface area (Å²) < 4.78 is 64.0. The number of esters is 2. The van der Waals surface area contributed by atoms with E-state index in [-0.39, 0.29) is 41.6 Å². The summed E-state index contributed by atoms with van der Waals surface area (Å²) in [5.41, 5.74) is 2.14. The first kappa shape index (κ1) is 37.8. The molecule has 15 heteroatoms. The van der Waals surface area contributed by atoms with Gasteiger partial charge in [0.25, 0.3) is 0 Å². The number of alkyl carbamates (subject to hydrolysis) is 1. The van der Waals surface area contributed by atoms with E-state index in [1.54, 1.807) is 51.1 Å². The maximum atomic E-state index is 15.5. The highest BCUT2D eigenvalue weighted by atomic mass is 32.1. The predicted molar refractivity (Wildman–Crippen MR) is 189 cm³/mol. The Balaban J connectivity index is 1.77. The van der Waals surface area contributed by atoms with Crippen molar-refractivity contribution in [3.63, 3.8) is 0 Å². The highest BCUT2D eigenvalue weighted by Gasteiger charge is 2.53. The third-order valence-electron chi connectivity index (χ3n) is 8.18. The van der Waals surface area contributed by atoms with E-state index < -0.39 is 41.6 Å². The largest absolute Gasteiger partial charge is 0.494 e. The van der Waals surface area contributed by atoms with Crippen molar-refractivity contribution in [2.24, 2.45) is 5.92 Å². The molecule has 0 bridgehead atoms. The van der Waals surface area contributed by atoms with Crippen LogP contribution >= 0.6 is 11.7 Å². The van der Waals surface area contributed by atoms with Crippen LogP contribution in [0.15, 0.2) is 54.1 Å². The standard InChI is InChI=1S/C37H40FN3O10S/c1-9-48-35(43)32(19(2)3)39-36(44)51-37(23-11-13-28(45-6)25(38)18-23)24(14-21-15-29(46-7)33(47-8)30(16-21)49-20(4)5)31(34(42)50-37)22-10-12-26-27(17-22)41-52-40-26/h10-13,15-20,32H,9,14H2,1-8H3,(H,39,44). The van der Waals surface area contributed by atoms with E-state index in [4.69, 9.17) is 33.2 Å². The molecule has 2 atom stereocenters. The molecule has 0 spiro atoms. The van der Waals surface area contributed by atoms with Gasteiger partial charge in [0.2, 0.25) is 5.75 Å². The van der Waals surface area contributed by atoms with Gasteiger partial charge in [-0.15, -0.1) is 0 Å². The number of ether oxygens (including phenoxy) is 7. The van der Waals surface area contributed by atoms with Gasteiger partial charge in [0.15, 0.2) is 23.1 Å². The molecule has 5 rings (SSSR count). The minimum Gasteiger partial charge on any atom is -0.494 e. The summed E-state index contributed by atoms with van der Waals surface area (Å²) in [6, 6.07) is 11.1. The molecule has 2 heterocycles. The summed E-state index contributed by atoms with van der Waals surface area (Å²) in [4.78, 5) is 40.9. The number of fused-ring (bicyclic) bond motifs is 1. The van der Waals surface area contributed by atoms with E-state index in [2.05, 4.69) is 14.1 Å². The SMILES string of the molecule is CCOC(=O)C(NC(=O)OC1(c2ccc(OC)c(F)c2)OC(=O)C(c2ccc3nsnc3c2)=C1Cc1cc(OC)c(OC)c(OC(C)C)c1)C(C)C. The van der Waals surface area contributed by atoms with Gasteiger partial charge in [0.05, 0.1) is 51.3 Å². The summed E-state index contributed by atoms with van der Waals surface area (Å²) in [5.74, 6) is -4.23. The van der Waals surface area contributed by atoms with Gasteiger partial charge in [-0.2, -0.15) is 8.75 Å². The molecule has 0 aliphatic carbocycles. The molecule has 0 saturated heterocycles. The fourth-order valence-corrected chi connectivity index (χ4v) is 6.38. The Hall–Kier alpha value is -5.44. The highest BCUT2D eigenvalue weighted by Crippen LogP contribution is 2.49. The molecule has 52 heavy (non-hydrogen) atoms. The van der Waals surface area contributed by atoms with Gasteiger partial charge in [-0.05, 0) is 80.3 Å². The molecule has 276 valence electrons. The summed E-state index contributed by atoms with van der Waals surface area (Å²) in [5, 5.41) is 2.56. The van der Waals surface area contributed by atoms with Crippen LogP contribution in [0.5, 0.6) is 23.0 Å². The van der Waals surface area contributed by atoms with Crippen molar-refractivity contribution in [1.29, 1.82) is 0 Å². The molecular formula is C37H40FN3O10S. The first-order valence-electron chi connectivity index (χ1n) is 16.5. The van der Waals surface area contributed by atoms with Crippen molar-refractivity contribution < 1.29 is 51.9 Å². The number of methoxy groups -OCH3 is 3. The van der Waals surface area contributed by atoms with Crippen molar-refractivity contribution in [2.45, 2.75) is 59.0 Å². The molecule has 1 aromatic heterocycles. The van der Waals surface area contributed by atoms with Gasteiger partial charge < -0.3 is 38.5 Å². The van der Waals surface area contributed by atoms with Crippen LogP contribution < -0.4 is 24.3 Å². The molecular weight excluding hydrogens is 697 g/mol. The number of hydrogen-bond acceptors (Lipinski definition) is 13. The van der Waals surface area contributed by atoms with Crippen LogP contribution in [0.4, 0.5) is 9.18 Å². The molecule has 3 aromatic carbocycles. The number of halogens is 1. The summed E-state index contributed by atoms with van der Waals surface area (Å²) in [6.07, 6.45) is -1.50. The number of nitrogens with one attached hydrogen (secondary N) is 1.